The SMILES string of the molecule is CCCCCCCCCCC/C=C/C(O)C(CO)NC(=O)C(O)CCCCCCCCCCCCCCCCCCCCCCCCCCCCCCCCC. The van der Waals surface area contributed by atoms with Gasteiger partial charge in [-0.15, -0.1) is 0 Å². The first kappa shape index (κ1) is 55.1. The van der Waals surface area contributed by atoms with Gasteiger partial charge in [-0.25, -0.2) is 0 Å². The highest BCUT2D eigenvalue weighted by Crippen LogP contribution is 2.17. The molecule has 0 heterocycles. The minimum atomic E-state index is -1.09. The van der Waals surface area contributed by atoms with Crippen LogP contribution in [0.1, 0.15) is 284 Å². The van der Waals surface area contributed by atoms with E-state index in [0.29, 0.717) is 6.42 Å². The van der Waals surface area contributed by atoms with Crippen LogP contribution >= 0.6 is 0 Å². The number of aliphatic hydroxyl groups excluding tert-OH is 3. The van der Waals surface area contributed by atoms with Gasteiger partial charge in [0.25, 0.3) is 0 Å². The average Bonchev–Trinajstić information content (AvgIpc) is 3.20. The molecule has 0 aliphatic rings. The number of amides is 1. The molecule has 1 amide bonds. The Balaban J connectivity index is 3.46. The molecule has 0 saturated carbocycles. The summed E-state index contributed by atoms with van der Waals surface area (Å²) in [6.45, 7) is 4.19. The van der Waals surface area contributed by atoms with Crippen molar-refractivity contribution in [3.63, 3.8) is 0 Å². The highest BCUT2D eigenvalue weighted by Gasteiger charge is 2.22. The summed E-state index contributed by atoms with van der Waals surface area (Å²) in [5.74, 6) is -0.499. The molecule has 5 nitrogen and oxygen atoms in total. The summed E-state index contributed by atoms with van der Waals surface area (Å²) < 4.78 is 0. The van der Waals surface area contributed by atoms with Crippen LogP contribution in [0.5, 0.6) is 0 Å². The Kier molecular flexibility index (Phi) is 46.0. The third-order valence-corrected chi connectivity index (χ3v) is 12.1. The molecule has 0 radical (unpaired) electrons. The zero-order chi connectivity index (χ0) is 40.8. The van der Waals surface area contributed by atoms with Crippen molar-refractivity contribution in [2.75, 3.05) is 6.61 Å². The Morgan fingerprint density at radius 1 is 0.429 bits per heavy atom. The van der Waals surface area contributed by atoms with Crippen molar-refractivity contribution in [3.8, 4) is 0 Å². The molecular formula is C51H101NO4. The van der Waals surface area contributed by atoms with E-state index in [1.807, 2.05) is 6.08 Å². The minimum absolute atomic E-state index is 0.359. The van der Waals surface area contributed by atoms with Crippen LogP contribution in [-0.2, 0) is 4.79 Å². The molecular weight excluding hydrogens is 691 g/mol. The molecule has 0 spiro atoms. The highest BCUT2D eigenvalue weighted by atomic mass is 16.3. The number of carbonyl (C=O) groups is 1. The molecule has 0 aromatic carbocycles. The summed E-state index contributed by atoms with van der Waals surface area (Å²) in [4.78, 5) is 12.5. The van der Waals surface area contributed by atoms with E-state index in [-0.39, 0.29) is 6.61 Å². The molecule has 3 atom stereocenters. The summed E-state index contributed by atoms with van der Waals surface area (Å²) in [5.41, 5.74) is 0. The Labute approximate surface area is 350 Å². The van der Waals surface area contributed by atoms with E-state index in [0.717, 1.165) is 32.1 Å². The number of hydrogen-bond donors (Lipinski definition) is 4. The normalized spacial score (nSPS) is 13.4. The van der Waals surface area contributed by atoms with Gasteiger partial charge < -0.3 is 20.6 Å². The van der Waals surface area contributed by atoms with Crippen LogP contribution in [0.2, 0.25) is 0 Å². The van der Waals surface area contributed by atoms with Crippen LogP contribution in [0.25, 0.3) is 0 Å². The van der Waals surface area contributed by atoms with Crippen molar-refractivity contribution >= 4 is 5.91 Å². The number of rotatable bonds is 47. The van der Waals surface area contributed by atoms with Gasteiger partial charge in [-0.3, -0.25) is 4.79 Å². The molecule has 4 N–H and O–H groups in total. The lowest BCUT2D eigenvalue weighted by molar-refractivity contribution is -0.131. The van der Waals surface area contributed by atoms with Crippen molar-refractivity contribution in [3.05, 3.63) is 12.2 Å². The molecule has 0 aliphatic heterocycles. The molecule has 0 rings (SSSR count). The second kappa shape index (κ2) is 46.8. The van der Waals surface area contributed by atoms with Crippen LogP contribution in [0, 0.1) is 0 Å². The molecule has 0 aliphatic carbocycles. The lowest BCUT2D eigenvalue weighted by Gasteiger charge is -2.21. The molecule has 0 aromatic rings. The van der Waals surface area contributed by atoms with Gasteiger partial charge in [0, 0.05) is 0 Å². The van der Waals surface area contributed by atoms with Crippen molar-refractivity contribution in [2.45, 2.75) is 302 Å². The molecule has 0 bridgehead atoms. The number of unbranched alkanes of at least 4 members (excludes halogenated alkanes) is 39. The Morgan fingerprint density at radius 2 is 0.696 bits per heavy atom. The molecule has 0 aromatic heterocycles. The van der Waals surface area contributed by atoms with Crippen LogP contribution in [0.4, 0.5) is 0 Å². The molecule has 334 valence electrons. The average molecular weight is 792 g/mol. The van der Waals surface area contributed by atoms with Crippen LogP contribution in [0.3, 0.4) is 0 Å². The number of aliphatic hydroxyl groups is 3. The van der Waals surface area contributed by atoms with Crippen molar-refractivity contribution < 1.29 is 20.1 Å². The monoisotopic (exact) mass is 792 g/mol. The topological polar surface area (TPSA) is 89.8 Å². The fourth-order valence-corrected chi connectivity index (χ4v) is 8.13. The van der Waals surface area contributed by atoms with E-state index in [4.69, 9.17) is 0 Å². The first-order valence-corrected chi connectivity index (χ1v) is 25.5. The van der Waals surface area contributed by atoms with Gasteiger partial charge >= 0.3 is 0 Å². The maximum atomic E-state index is 12.5. The molecule has 0 fully saturated rings. The molecule has 0 saturated heterocycles. The third kappa shape index (κ3) is 41.3. The lowest BCUT2D eigenvalue weighted by Crippen LogP contribution is -2.48. The fourth-order valence-electron chi connectivity index (χ4n) is 8.13. The fraction of sp³-hybridized carbons (Fsp3) is 0.941. The maximum absolute atomic E-state index is 12.5. The predicted molar refractivity (Wildman–Crippen MR) is 245 cm³/mol. The lowest BCUT2D eigenvalue weighted by atomic mass is 10.0. The Bertz CT molecular complexity index is 788. The van der Waals surface area contributed by atoms with E-state index in [9.17, 15) is 20.1 Å². The van der Waals surface area contributed by atoms with E-state index in [2.05, 4.69) is 19.2 Å². The number of carbonyl (C=O) groups excluding carboxylic acids is 1. The van der Waals surface area contributed by atoms with Crippen molar-refractivity contribution in [2.24, 2.45) is 0 Å². The molecule has 5 heteroatoms. The van der Waals surface area contributed by atoms with E-state index < -0.39 is 24.2 Å². The summed E-state index contributed by atoms with van der Waals surface area (Å²) >= 11 is 0. The standard InChI is InChI=1S/C51H101NO4/c1-3-5-7-9-11-13-15-16-17-18-19-20-21-22-23-24-25-26-27-28-29-30-31-32-33-34-36-38-40-42-44-46-50(55)51(56)52-48(47-53)49(54)45-43-41-39-37-35-14-12-10-8-6-4-2/h43,45,48-50,53-55H,3-42,44,46-47H2,1-2H3,(H,52,56)/b45-43+. The van der Waals surface area contributed by atoms with Gasteiger partial charge in [-0.2, -0.15) is 0 Å². The van der Waals surface area contributed by atoms with E-state index >= 15 is 0 Å². The smallest absolute Gasteiger partial charge is 0.249 e. The summed E-state index contributed by atoms with van der Waals surface area (Å²) in [5, 5.41) is 33.1. The summed E-state index contributed by atoms with van der Waals surface area (Å²) in [7, 11) is 0. The van der Waals surface area contributed by atoms with Crippen LogP contribution in [0.15, 0.2) is 12.2 Å². The van der Waals surface area contributed by atoms with Gasteiger partial charge in [-0.05, 0) is 19.3 Å². The number of allylic oxidation sites excluding steroid dienone is 1. The Morgan fingerprint density at radius 3 is 0.982 bits per heavy atom. The second-order valence-corrected chi connectivity index (χ2v) is 17.7. The zero-order valence-corrected chi connectivity index (χ0v) is 38.0. The van der Waals surface area contributed by atoms with Crippen LogP contribution < -0.4 is 5.32 Å². The third-order valence-electron chi connectivity index (χ3n) is 12.1. The largest absolute Gasteiger partial charge is 0.394 e. The predicted octanol–water partition coefficient (Wildman–Crippen LogP) is 15.2. The van der Waals surface area contributed by atoms with E-state index in [1.54, 1.807) is 6.08 Å². The van der Waals surface area contributed by atoms with Crippen molar-refractivity contribution in [1.82, 2.24) is 5.32 Å². The van der Waals surface area contributed by atoms with Crippen molar-refractivity contribution in [1.29, 1.82) is 0 Å². The van der Waals surface area contributed by atoms with E-state index in [1.165, 1.54) is 231 Å². The minimum Gasteiger partial charge on any atom is -0.394 e. The molecule has 3 unspecified atom stereocenters. The van der Waals surface area contributed by atoms with Gasteiger partial charge in [0.15, 0.2) is 0 Å². The maximum Gasteiger partial charge on any atom is 0.249 e. The quantitative estimate of drug-likeness (QED) is 0.0365. The summed E-state index contributed by atoms with van der Waals surface area (Å²) in [6, 6.07) is -0.792. The number of hydrogen-bond acceptors (Lipinski definition) is 4. The summed E-state index contributed by atoms with van der Waals surface area (Å²) in [6.07, 6.45) is 57.2. The molecule has 56 heavy (non-hydrogen) atoms. The zero-order valence-electron chi connectivity index (χ0n) is 38.0. The van der Waals surface area contributed by atoms with Gasteiger partial charge in [-0.1, -0.05) is 276 Å². The second-order valence-electron chi connectivity index (χ2n) is 17.7. The van der Waals surface area contributed by atoms with Gasteiger partial charge in [0.2, 0.25) is 5.91 Å². The number of nitrogens with one attached hydrogen (secondary N) is 1. The first-order chi connectivity index (χ1) is 27.6. The Hall–Kier alpha value is -0.910. The van der Waals surface area contributed by atoms with Crippen LogP contribution in [-0.4, -0.2) is 46.1 Å². The van der Waals surface area contributed by atoms with Gasteiger partial charge in [0.05, 0.1) is 18.8 Å². The first-order valence-electron chi connectivity index (χ1n) is 25.5. The highest BCUT2D eigenvalue weighted by molar-refractivity contribution is 5.80. The van der Waals surface area contributed by atoms with Gasteiger partial charge in [0.1, 0.15) is 6.10 Å².